The summed E-state index contributed by atoms with van der Waals surface area (Å²) in [6, 6.07) is 4.21. The minimum atomic E-state index is -0.217. The quantitative estimate of drug-likeness (QED) is 0.816. The number of nitrogens with two attached hydrogens (primary N) is 1. The molecule has 0 aliphatic carbocycles. The van der Waals surface area contributed by atoms with Gasteiger partial charge in [-0.2, -0.15) is 5.26 Å². The summed E-state index contributed by atoms with van der Waals surface area (Å²) in [4.78, 5) is 6.96. The predicted octanol–water partition coefficient (Wildman–Crippen LogP) is 0.580. The van der Waals surface area contributed by atoms with E-state index in [2.05, 4.69) is 11.0 Å². The largest absolute Gasteiger partial charge is 0.381 e. The van der Waals surface area contributed by atoms with Gasteiger partial charge >= 0.3 is 0 Å². The van der Waals surface area contributed by atoms with Gasteiger partial charge in [0.1, 0.15) is 11.9 Å². The van der Waals surface area contributed by atoms with E-state index >= 15 is 0 Å². The molecule has 0 bridgehead atoms. The number of fused-ring (bicyclic) bond motifs is 2. The van der Waals surface area contributed by atoms with Crippen molar-refractivity contribution in [3.05, 3.63) is 22.9 Å². The number of anilines is 1. The van der Waals surface area contributed by atoms with Crippen LogP contribution in [-0.4, -0.2) is 43.4 Å². The molecule has 0 saturated carbocycles. The number of nitriles is 1. The molecule has 3 aliphatic heterocycles. The molecule has 1 aromatic heterocycles. The summed E-state index contributed by atoms with van der Waals surface area (Å²) >= 11 is 0. The molecule has 0 amide bonds. The van der Waals surface area contributed by atoms with Crippen LogP contribution in [0.5, 0.6) is 0 Å². The van der Waals surface area contributed by atoms with Gasteiger partial charge in [-0.3, -0.25) is 0 Å². The summed E-state index contributed by atoms with van der Waals surface area (Å²) in [7, 11) is 0. The van der Waals surface area contributed by atoms with E-state index in [9.17, 15) is 5.26 Å². The maximum absolute atomic E-state index is 9.49. The van der Waals surface area contributed by atoms with Crippen LogP contribution in [0.25, 0.3) is 0 Å². The van der Waals surface area contributed by atoms with Crippen molar-refractivity contribution in [2.45, 2.75) is 25.0 Å². The summed E-state index contributed by atoms with van der Waals surface area (Å²) in [5.74, 6) is 1.09. The van der Waals surface area contributed by atoms with Gasteiger partial charge in [0, 0.05) is 43.1 Å². The zero-order valence-corrected chi connectivity index (χ0v) is 12.5. The van der Waals surface area contributed by atoms with Crippen molar-refractivity contribution in [2.75, 3.05) is 37.8 Å². The van der Waals surface area contributed by atoms with Gasteiger partial charge in [-0.15, -0.1) is 0 Å². The van der Waals surface area contributed by atoms with E-state index in [0.29, 0.717) is 31.3 Å². The van der Waals surface area contributed by atoms with E-state index < -0.39 is 0 Å². The Hall–Kier alpha value is -1.68. The number of ether oxygens (including phenoxy) is 2. The molecule has 1 aromatic rings. The number of nitrogens with zero attached hydrogens (tertiary/aromatic N) is 3. The monoisotopic (exact) mass is 300 g/mol. The second kappa shape index (κ2) is 5.20. The molecule has 6 heteroatoms. The highest BCUT2D eigenvalue weighted by Crippen LogP contribution is 2.36. The average molecular weight is 300 g/mol. The van der Waals surface area contributed by atoms with E-state index in [-0.39, 0.29) is 5.54 Å². The molecule has 2 N–H and O–H groups in total. The van der Waals surface area contributed by atoms with Crippen LogP contribution < -0.4 is 10.6 Å². The highest BCUT2D eigenvalue weighted by molar-refractivity contribution is 5.57. The fourth-order valence-electron chi connectivity index (χ4n) is 3.75. The molecule has 3 aliphatic rings. The van der Waals surface area contributed by atoms with Crippen molar-refractivity contribution in [1.29, 1.82) is 5.26 Å². The Morgan fingerprint density at radius 2 is 2.32 bits per heavy atom. The topological polar surface area (TPSA) is 84.4 Å². The molecule has 0 aromatic carbocycles. The van der Waals surface area contributed by atoms with E-state index in [1.54, 1.807) is 0 Å². The third-order valence-corrected chi connectivity index (χ3v) is 5.10. The Balaban J connectivity index is 1.69. The molecule has 22 heavy (non-hydrogen) atoms. The third-order valence-electron chi connectivity index (χ3n) is 5.10. The Labute approximate surface area is 129 Å². The van der Waals surface area contributed by atoms with Gasteiger partial charge in [0.05, 0.1) is 31.1 Å². The van der Waals surface area contributed by atoms with Crippen molar-refractivity contribution < 1.29 is 9.47 Å². The van der Waals surface area contributed by atoms with Gasteiger partial charge < -0.3 is 20.1 Å². The van der Waals surface area contributed by atoms with Crippen LogP contribution in [-0.2, 0) is 22.5 Å². The Morgan fingerprint density at radius 3 is 3.14 bits per heavy atom. The predicted molar refractivity (Wildman–Crippen MR) is 80.4 cm³/mol. The summed E-state index contributed by atoms with van der Waals surface area (Å²) in [6.07, 6.45) is 1.68. The van der Waals surface area contributed by atoms with Gasteiger partial charge in [0.25, 0.3) is 0 Å². The first kappa shape index (κ1) is 13.9. The number of hydrogen-bond acceptors (Lipinski definition) is 6. The highest BCUT2D eigenvalue weighted by Gasteiger charge is 2.46. The van der Waals surface area contributed by atoms with Gasteiger partial charge in [-0.25, -0.2) is 4.98 Å². The Kier molecular flexibility index (Phi) is 3.30. The zero-order valence-electron chi connectivity index (χ0n) is 12.5. The maximum atomic E-state index is 9.49. The second-order valence-corrected chi connectivity index (χ2v) is 6.52. The number of aromatic nitrogens is 1. The van der Waals surface area contributed by atoms with Crippen LogP contribution in [0.4, 0.5) is 5.82 Å². The maximum Gasteiger partial charge on any atom is 0.146 e. The van der Waals surface area contributed by atoms with Crippen molar-refractivity contribution in [3.8, 4) is 6.07 Å². The first-order valence-corrected chi connectivity index (χ1v) is 7.82. The van der Waals surface area contributed by atoms with Gasteiger partial charge in [-0.05, 0) is 12.5 Å². The zero-order chi connectivity index (χ0) is 15.2. The van der Waals surface area contributed by atoms with Crippen molar-refractivity contribution in [2.24, 2.45) is 11.7 Å². The highest BCUT2D eigenvalue weighted by atomic mass is 16.5. The minimum Gasteiger partial charge on any atom is -0.381 e. The Morgan fingerprint density at radius 1 is 1.41 bits per heavy atom. The lowest BCUT2D eigenvalue weighted by molar-refractivity contribution is 0.0241. The first-order valence-electron chi connectivity index (χ1n) is 7.82. The molecule has 116 valence electrons. The van der Waals surface area contributed by atoms with Crippen molar-refractivity contribution >= 4 is 5.82 Å². The molecule has 6 nitrogen and oxygen atoms in total. The standard InChI is InChI=1S/C16H20N4O2/c17-6-11-5-12-8-21-3-1-14(12)19-15(11)20-7-13-9-22-4-2-16(13,18)10-20/h5,13H,1-4,7-10,18H2/t13-,16+/m0/s1. The molecule has 2 fully saturated rings. The van der Waals surface area contributed by atoms with Crippen LogP contribution in [0.3, 0.4) is 0 Å². The molecular formula is C16H20N4O2. The summed E-state index contributed by atoms with van der Waals surface area (Å²) < 4.78 is 11.0. The fraction of sp³-hybridized carbons (Fsp3) is 0.625. The summed E-state index contributed by atoms with van der Waals surface area (Å²) in [6.45, 7) is 4.23. The molecular weight excluding hydrogens is 280 g/mol. The van der Waals surface area contributed by atoms with E-state index in [1.807, 2.05) is 6.07 Å². The number of hydrogen-bond donors (Lipinski definition) is 1. The molecule has 4 heterocycles. The van der Waals surface area contributed by atoms with Crippen LogP contribution in [0, 0.1) is 17.2 Å². The first-order chi connectivity index (χ1) is 10.7. The smallest absolute Gasteiger partial charge is 0.146 e. The molecule has 2 atom stereocenters. The second-order valence-electron chi connectivity index (χ2n) is 6.52. The lowest BCUT2D eigenvalue weighted by Gasteiger charge is -2.34. The van der Waals surface area contributed by atoms with Crippen LogP contribution in [0.1, 0.15) is 23.2 Å². The van der Waals surface area contributed by atoms with E-state index in [1.165, 1.54) is 0 Å². The van der Waals surface area contributed by atoms with Gasteiger partial charge in [0.2, 0.25) is 0 Å². The average Bonchev–Trinajstić information content (AvgIpc) is 2.90. The van der Waals surface area contributed by atoms with E-state index in [4.69, 9.17) is 20.2 Å². The summed E-state index contributed by atoms with van der Waals surface area (Å²) in [5, 5.41) is 9.49. The molecule has 0 radical (unpaired) electrons. The van der Waals surface area contributed by atoms with Crippen LogP contribution in [0.15, 0.2) is 6.07 Å². The number of pyridine rings is 1. The lowest BCUT2D eigenvalue weighted by Crippen LogP contribution is -2.52. The van der Waals surface area contributed by atoms with E-state index in [0.717, 1.165) is 49.6 Å². The summed E-state index contributed by atoms with van der Waals surface area (Å²) in [5.41, 5.74) is 9.06. The normalized spacial score (nSPS) is 30.5. The lowest BCUT2D eigenvalue weighted by atomic mass is 9.84. The number of rotatable bonds is 1. The van der Waals surface area contributed by atoms with Crippen molar-refractivity contribution in [1.82, 2.24) is 4.98 Å². The fourth-order valence-corrected chi connectivity index (χ4v) is 3.75. The van der Waals surface area contributed by atoms with Crippen molar-refractivity contribution in [3.63, 3.8) is 0 Å². The third kappa shape index (κ3) is 2.17. The molecule has 0 unspecified atom stereocenters. The molecule has 4 rings (SSSR count). The van der Waals surface area contributed by atoms with Gasteiger partial charge in [0.15, 0.2) is 0 Å². The molecule has 2 saturated heterocycles. The minimum absolute atomic E-state index is 0.217. The Bertz CT molecular complexity index is 642. The SMILES string of the molecule is N#Cc1cc2c(nc1N1C[C@H]3COCC[C@@]3(N)C1)CCOC2. The molecule has 0 spiro atoms. The van der Waals surface area contributed by atoms with Crippen LogP contribution in [0.2, 0.25) is 0 Å². The van der Waals surface area contributed by atoms with Gasteiger partial charge in [-0.1, -0.05) is 0 Å². The van der Waals surface area contributed by atoms with Crippen LogP contribution >= 0.6 is 0 Å².